The van der Waals surface area contributed by atoms with E-state index >= 15 is 0 Å². The van der Waals surface area contributed by atoms with Gasteiger partial charge in [0.25, 0.3) is 0 Å². The zero-order valence-corrected chi connectivity index (χ0v) is 7.16. The average Bonchev–Trinajstić information content (AvgIpc) is 2.28. The Balaban J connectivity index is 2.33. The van der Waals surface area contributed by atoms with E-state index < -0.39 is 0 Å². The summed E-state index contributed by atoms with van der Waals surface area (Å²) in [6, 6.07) is 8.54. The molecule has 2 rings (SSSR count). The van der Waals surface area contributed by atoms with Gasteiger partial charge in [-0.15, -0.1) is 0 Å². The zero-order valence-electron chi connectivity index (χ0n) is 6.34. The van der Waals surface area contributed by atoms with Gasteiger partial charge in [-0.25, -0.2) is 0 Å². The van der Waals surface area contributed by atoms with Crippen molar-refractivity contribution < 1.29 is 0 Å². The molecule has 1 aromatic carbocycles. The molecule has 1 heterocycles. The van der Waals surface area contributed by atoms with E-state index in [9.17, 15) is 0 Å². The van der Waals surface area contributed by atoms with Crippen molar-refractivity contribution in [2.45, 2.75) is 12.8 Å². The number of nitrogens with one attached hydrogen (secondary N) is 1. The Morgan fingerprint density at radius 2 is 2.18 bits per heavy atom. The summed E-state index contributed by atoms with van der Waals surface area (Å²) in [5.41, 5.74) is 2.76. The van der Waals surface area contributed by atoms with Gasteiger partial charge in [0.1, 0.15) is 0 Å². The van der Waals surface area contributed by atoms with Gasteiger partial charge in [0.15, 0.2) is 0 Å². The highest BCUT2D eigenvalue weighted by Crippen LogP contribution is 2.24. The van der Waals surface area contributed by atoms with Gasteiger partial charge in [-0.2, -0.15) is 0 Å². The second kappa shape index (κ2) is 3.18. The van der Waals surface area contributed by atoms with Gasteiger partial charge in [0.2, 0.25) is 0 Å². The predicted molar refractivity (Wildman–Crippen MR) is 50.8 cm³/mol. The molecule has 11 heavy (non-hydrogen) atoms. The highest BCUT2D eigenvalue weighted by atomic mass is 32.2. The van der Waals surface area contributed by atoms with Crippen LogP contribution < -0.4 is 4.72 Å². The molecule has 0 saturated carbocycles. The topological polar surface area (TPSA) is 12.0 Å². The molecule has 1 N–H and O–H groups in total. The van der Waals surface area contributed by atoms with E-state index in [2.05, 4.69) is 29.0 Å². The van der Waals surface area contributed by atoms with Crippen molar-refractivity contribution in [1.82, 2.24) is 0 Å². The summed E-state index contributed by atoms with van der Waals surface area (Å²) >= 11 is 1.81. The smallest absolute Gasteiger partial charge is 0.0472 e. The Morgan fingerprint density at radius 3 is 3.18 bits per heavy atom. The third-order valence-electron chi connectivity index (χ3n) is 1.89. The van der Waals surface area contributed by atoms with Gasteiger partial charge in [0, 0.05) is 11.4 Å². The fraction of sp³-hybridized carbons (Fsp3) is 0.333. The number of hydrogen-bond donors (Lipinski definition) is 1. The van der Waals surface area contributed by atoms with Crippen LogP contribution in [0, 0.1) is 0 Å². The summed E-state index contributed by atoms with van der Waals surface area (Å²) in [7, 11) is 0. The molecular formula is C9H11NS. The number of hydrogen-bond acceptors (Lipinski definition) is 2. The number of aryl methyl sites for hydroxylation is 1. The summed E-state index contributed by atoms with van der Waals surface area (Å²) in [6.45, 7) is 0. The molecule has 0 amide bonds. The highest BCUT2D eigenvalue weighted by molar-refractivity contribution is 8.00. The third-order valence-corrected chi connectivity index (χ3v) is 2.75. The minimum atomic E-state index is 1.22. The molecule has 1 nitrogen and oxygen atoms in total. The van der Waals surface area contributed by atoms with Crippen molar-refractivity contribution in [2.75, 3.05) is 10.5 Å². The molecule has 1 aliphatic heterocycles. The van der Waals surface area contributed by atoms with Gasteiger partial charge in [-0.05, 0) is 24.5 Å². The Bertz CT molecular complexity index is 222. The summed E-state index contributed by atoms with van der Waals surface area (Å²) in [5, 5.41) is 0. The normalized spacial score (nSPS) is 16.4. The van der Waals surface area contributed by atoms with Crippen LogP contribution in [0.25, 0.3) is 0 Å². The largest absolute Gasteiger partial charge is 0.329 e. The van der Waals surface area contributed by atoms with Gasteiger partial charge in [0.05, 0.1) is 0 Å². The fourth-order valence-electron chi connectivity index (χ4n) is 1.30. The Morgan fingerprint density at radius 1 is 1.27 bits per heavy atom. The summed E-state index contributed by atoms with van der Waals surface area (Å²) in [6.07, 6.45) is 2.50. The fourth-order valence-corrected chi connectivity index (χ4v) is 2.05. The number of anilines is 1. The Hall–Kier alpha value is -0.630. The zero-order chi connectivity index (χ0) is 7.52. The van der Waals surface area contributed by atoms with Crippen LogP contribution in [0.15, 0.2) is 24.3 Å². The van der Waals surface area contributed by atoms with Gasteiger partial charge in [-0.3, -0.25) is 0 Å². The van der Waals surface area contributed by atoms with Crippen molar-refractivity contribution in [2.24, 2.45) is 0 Å². The molecule has 0 spiro atoms. The molecule has 58 valence electrons. The predicted octanol–water partition coefficient (Wildman–Crippen LogP) is 2.69. The maximum atomic E-state index is 3.34. The summed E-state index contributed by atoms with van der Waals surface area (Å²) in [5.74, 6) is 1.22. The molecule has 0 bridgehead atoms. The van der Waals surface area contributed by atoms with Crippen LogP contribution in [-0.4, -0.2) is 5.75 Å². The number of rotatable bonds is 0. The quantitative estimate of drug-likeness (QED) is 0.593. The minimum Gasteiger partial charge on any atom is -0.329 e. The lowest BCUT2D eigenvalue weighted by Crippen LogP contribution is -1.87. The molecule has 0 unspecified atom stereocenters. The van der Waals surface area contributed by atoms with Gasteiger partial charge < -0.3 is 4.72 Å². The lowest BCUT2D eigenvalue weighted by atomic mass is 10.1. The molecule has 0 radical (unpaired) electrons. The number of benzene rings is 1. The second-order valence-corrected chi connectivity index (χ2v) is 3.61. The van der Waals surface area contributed by atoms with E-state index in [0.29, 0.717) is 0 Å². The molecule has 2 heteroatoms. The second-order valence-electron chi connectivity index (χ2n) is 2.71. The van der Waals surface area contributed by atoms with E-state index in [4.69, 9.17) is 0 Å². The van der Waals surface area contributed by atoms with Crippen molar-refractivity contribution in [3.63, 3.8) is 0 Å². The average molecular weight is 165 g/mol. The third kappa shape index (κ3) is 1.51. The molecule has 1 aliphatic rings. The van der Waals surface area contributed by atoms with Gasteiger partial charge >= 0.3 is 0 Å². The summed E-state index contributed by atoms with van der Waals surface area (Å²) in [4.78, 5) is 0. The molecule has 0 aliphatic carbocycles. The standard InChI is InChI=1S/C9H11NS/c1-2-6-9-8(4-1)5-3-7-11-10-9/h1-2,4,6,10H,3,5,7H2. The van der Waals surface area contributed by atoms with Crippen LogP contribution >= 0.6 is 11.9 Å². The molecule has 0 saturated heterocycles. The van der Waals surface area contributed by atoms with E-state index in [1.807, 2.05) is 11.9 Å². The van der Waals surface area contributed by atoms with Crippen molar-refractivity contribution in [1.29, 1.82) is 0 Å². The van der Waals surface area contributed by atoms with E-state index in [0.717, 1.165) is 0 Å². The first-order valence-corrected chi connectivity index (χ1v) is 4.91. The number of para-hydroxylation sites is 1. The first-order chi connectivity index (χ1) is 5.47. The van der Waals surface area contributed by atoms with Crippen LogP contribution in [0.1, 0.15) is 12.0 Å². The van der Waals surface area contributed by atoms with Crippen LogP contribution in [0.5, 0.6) is 0 Å². The minimum absolute atomic E-state index is 1.22. The highest BCUT2D eigenvalue weighted by Gasteiger charge is 2.04. The monoisotopic (exact) mass is 165 g/mol. The molecular weight excluding hydrogens is 154 g/mol. The Kier molecular flexibility index (Phi) is 2.04. The molecule has 1 aromatic rings. The van der Waals surface area contributed by atoms with Crippen LogP contribution in [-0.2, 0) is 6.42 Å². The lowest BCUT2D eigenvalue weighted by molar-refractivity contribution is 0.943. The lowest BCUT2D eigenvalue weighted by Gasteiger charge is -2.03. The van der Waals surface area contributed by atoms with Crippen LogP contribution in [0.4, 0.5) is 5.69 Å². The Labute approximate surface area is 71.3 Å². The van der Waals surface area contributed by atoms with Crippen molar-refractivity contribution in [3.8, 4) is 0 Å². The molecule has 0 fully saturated rings. The molecule has 0 atom stereocenters. The van der Waals surface area contributed by atoms with E-state index in [-0.39, 0.29) is 0 Å². The maximum absolute atomic E-state index is 3.34. The first kappa shape index (κ1) is 7.04. The summed E-state index contributed by atoms with van der Waals surface area (Å²) < 4.78 is 3.34. The van der Waals surface area contributed by atoms with Crippen molar-refractivity contribution in [3.05, 3.63) is 29.8 Å². The van der Waals surface area contributed by atoms with Crippen LogP contribution in [0.2, 0.25) is 0 Å². The SMILES string of the molecule is c1ccc2c(c1)CCCSN2. The van der Waals surface area contributed by atoms with E-state index in [1.165, 1.54) is 29.8 Å². The van der Waals surface area contributed by atoms with Crippen LogP contribution in [0.3, 0.4) is 0 Å². The van der Waals surface area contributed by atoms with Gasteiger partial charge in [-0.1, -0.05) is 30.1 Å². The first-order valence-electron chi connectivity index (χ1n) is 3.92. The molecule has 0 aromatic heterocycles. The van der Waals surface area contributed by atoms with E-state index in [1.54, 1.807) is 0 Å². The maximum Gasteiger partial charge on any atom is 0.0472 e. The number of fused-ring (bicyclic) bond motifs is 1. The van der Waals surface area contributed by atoms with Crippen molar-refractivity contribution >= 4 is 17.6 Å².